The molecule has 0 spiro atoms. The second kappa shape index (κ2) is 7.65. The normalized spacial score (nSPS) is 25.0. The Bertz CT molecular complexity index is 402. The zero-order chi connectivity index (χ0) is 16.0. The number of hydrogen-bond donors (Lipinski definition) is 2. The minimum atomic E-state index is -0.855. The van der Waals surface area contributed by atoms with Crippen LogP contribution in [-0.2, 0) is 23.9 Å². The van der Waals surface area contributed by atoms with Crippen LogP contribution in [0.4, 0.5) is 0 Å². The van der Waals surface area contributed by atoms with E-state index in [-0.39, 0.29) is 19.2 Å². The number of rotatable bonds is 7. The molecular weight excluding hydrogens is 296 g/mol. The van der Waals surface area contributed by atoms with Gasteiger partial charge in [-0.2, -0.15) is 0 Å². The average molecular weight is 318 g/mol. The fraction of sp³-hybridized carbons (Fsp3) is 0.769. The van der Waals surface area contributed by atoms with Crippen molar-refractivity contribution in [1.82, 2.24) is 10.6 Å². The van der Waals surface area contributed by atoms with E-state index in [1.807, 2.05) is 13.8 Å². The molecule has 2 N–H and O–H groups in total. The molecule has 1 rings (SSSR count). The van der Waals surface area contributed by atoms with Crippen LogP contribution in [0.5, 0.6) is 0 Å². The smallest absolute Gasteiger partial charge is 0.331 e. The van der Waals surface area contributed by atoms with Crippen LogP contribution in [0.1, 0.15) is 27.7 Å². The lowest BCUT2D eigenvalue weighted by atomic mass is 10.0. The summed E-state index contributed by atoms with van der Waals surface area (Å²) in [5, 5.41) is 5.04. The van der Waals surface area contributed by atoms with Gasteiger partial charge < -0.3 is 14.8 Å². The number of nitrogens with one attached hydrogen (secondary N) is 2. The zero-order valence-corrected chi connectivity index (χ0v) is 13.5. The van der Waals surface area contributed by atoms with E-state index in [0.717, 1.165) is 0 Å². The third-order valence-corrected chi connectivity index (χ3v) is 4.58. The molecule has 8 heteroatoms. The second-order valence-corrected chi connectivity index (χ2v) is 6.80. The Kier molecular flexibility index (Phi) is 6.47. The lowest BCUT2D eigenvalue weighted by molar-refractivity contribution is -0.148. The van der Waals surface area contributed by atoms with Gasteiger partial charge in [-0.3, -0.25) is 14.9 Å². The van der Waals surface area contributed by atoms with Gasteiger partial charge in [0.15, 0.2) is 6.04 Å². The Morgan fingerprint density at radius 2 is 1.95 bits per heavy atom. The molecule has 0 aromatic rings. The molecule has 0 aliphatic carbocycles. The summed E-state index contributed by atoms with van der Waals surface area (Å²) in [5.41, 5.74) is 0. The summed E-state index contributed by atoms with van der Waals surface area (Å²) in [7, 11) is 0. The third-order valence-electron chi connectivity index (χ3n) is 3.07. The van der Waals surface area contributed by atoms with Crippen molar-refractivity contribution in [3.8, 4) is 0 Å². The molecule has 21 heavy (non-hydrogen) atoms. The highest BCUT2D eigenvalue weighted by atomic mass is 32.2. The quantitative estimate of drug-likeness (QED) is 0.505. The SMILES string of the molecule is CCOC(=O)C(NC=O)C1NC(C(=O)OCC)C(C)(C)S1. The van der Waals surface area contributed by atoms with E-state index in [0.29, 0.717) is 6.41 Å². The summed E-state index contributed by atoms with van der Waals surface area (Å²) in [6, 6.07) is -1.41. The van der Waals surface area contributed by atoms with Crippen molar-refractivity contribution >= 4 is 30.1 Å². The van der Waals surface area contributed by atoms with Gasteiger partial charge in [-0.05, 0) is 27.7 Å². The highest BCUT2D eigenvalue weighted by Crippen LogP contribution is 2.39. The standard InChI is InChI=1S/C13H22N2O5S/c1-5-19-11(17)8(14-7-16)10-15-9(12(18)20-6-2)13(3,4)21-10/h7-10,15H,5-6H2,1-4H3,(H,14,16). The lowest BCUT2D eigenvalue weighted by Crippen LogP contribution is -2.53. The largest absolute Gasteiger partial charge is 0.465 e. The lowest BCUT2D eigenvalue weighted by Gasteiger charge is -2.23. The summed E-state index contributed by atoms with van der Waals surface area (Å²) < 4.78 is 9.52. The number of amides is 1. The molecule has 7 nitrogen and oxygen atoms in total. The fourth-order valence-corrected chi connectivity index (χ4v) is 3.61. The van der Waals surface area contributed by atoms with Crippen molar-refractivity contribution in [3.05, 3.63) is 0 Å². The van der Waals surface area contributed by atoms with Gasteiger partial charge in [0, 0.05) is 4.75 Å². The minimum absolute atomic E-state index is 0.220. The van der Waals surface area contributed by atoms with Crippen LogP contribution in [0.3, 0.4) is 0 Å². The molecule has 0 radical (unpaired) electrons. The van der Waals surface area contributed by atoms with Gasteiger partial charge in [0.05, 0.1) is 18.6 Å². The summed E-state index contributed by atoms with van der Waals surface area (Å²) >= 11 is 1.40. The van der Waals surface area contributed by atoms with Crippen molar-refractivity contribution in [2.24, 2.45) is 0 Å². The van der Waals surface area contributed by atoms with Crippen LogP contribution in [0, 0.1) is 0 Å². The summed E-state index contributed by atoms with van der Waals surface area (Å²) in [4.78, 5) is 34.6. The fourth-order valence-electron chi connectivity index (χ4n) is 2.12. The van der Waals surface area contributed by atoms with Crippen LogP contribution in [-0.4, -0.2) is 53.8 Å². The van der Waals surface area contributed by atoms with Gasteiger partial charge in [-0.15, -0.1) is 11.8 Å². The number of carbonyl (C=O) groups excluding carboxylic acids is 3. The molecule has 1 saturated heterocycles. The van der Waals surface area contributed by atoms with Crippen molar-refractivity contribution in [2.45, 2.75) is 49.9 Å². The van der Waals surface area contributed by atoms with Crippen molar-refractivity contribution in [3.63, 3.8) is 0 Å². The van der Waals surface area contributed by atoms with E-state index in [2.05, 4.69) is 10.6 Å². The van der Waals surface area contributed by atoms with Crippen LogP contribution in [0.25, 0.3) is 0 Å². The first-order chi connectivity index (χ1) is 9.87. The first kappa shape index (κ1) is 17.8. The van der Waals surface area contributed by atoms with Crippen LogP contribution in [0.15, 0.2) is 0 Å². The summed E-state index contributed by atoms with van der Waals surface area (Å²) in [6.45, 7) is 7.70. The van der Waals surface area contributed by atoms with E-state index in [4.69, 9.17) is 9.47 Å². The number of thioether (sulfide) groups is 1. The van der Waals surface area contributed by atoms with Gasteiger partial charge in [0.1, 0.15) is 6.04 Å². The van der Waals surface area contributed by atoms with Crippen molar-refractivity contribution in [2.75, 3.05) is 13.2 Å². The molecule has 1 amide bonds. The maximum absolute atomic E-state index is 12.0. The van der Waals surface area contributed by atoms with E-state index in [1.165, 1.54) is 11.8 Å². The maximum atomic E-state index is 12.0. The molecule has 3 atom stereocenters. The molecule has 1 fully saturated rings. The van der Waals surface area contributed by atoms with Crippen LogP contribution >= 0.6 is 11.8 Å². The number of hydrogen-bond acceptors (Lipinski definition) is 7. The van der Waals surface area contributed by atoms with Gasteiger partial charge in [0.2, 0.25) is 6.41 Å². The molecule has 3 unspecified atom stereocenters. The number of ether oxygens (including phenoxy) is 2. The monoisotopic (exact) mass is 318 g/mol. The first-order valence-corrected chi connectivity index (χ1v) is 7.72. The number of esters is 2. The maximum Gasteiger partial charge on any atom is 0.331 e. The van der Waals surface area contributed by atoms with Gasteiger partial charge in [0.25, 0.3) is 0 Å². The van der Waals surface area contributed by atoms with E-state index < -0.39 is 28.2 Å². The highest BCUT2D eigenvalue weighted by molar-refractivity contribution is 8.01. The summed E-state index contributed by atoms with van der Waals surface area (Å²) in [5.74, 6) is -0.902. The van der Waals surface area contributed by atoms with Gasteiger partial charge >= 0.3 is 11.9 Å². The molecule has 0 bridgehead atoms. The predicted molar refractivity (Wildman–Crippen MR) is 78.6 cm³/mol. The third kappa shape index (κ3) is 4.34. The van der Waals surface area contributed by atoms with Crippen molar-refractivity contribution < 1.29 is 23.9 Å². The molecule has 1 aliphatic rings. The van der Waals surface area contributed by atoms with Crippen molar-refractivity contribution in [1.29, 1.82) is 0 Å². The van der Waals surface area contributed by atoms with Gasteiger partial charge in [-0.25, -0.2) is 4.79 Å². The van der Waals surface area contributed by atoms with E-state index in [1.54, 1.807) is 13.8 Å². The van der Waals surface area contributed by atoms with Crippen LogP contribution < -0.4 is 10.6 Å². The van der Waals surface area contributed by atoms with E-state index >= 15 is 0 Å². The molecule has 120 valence electrons. The highest BCUT2D eigenvalue weighted by Gasteiger charge is 2.49. The zero-order valence-electron chi connectivity index (χ0n) is 12.7. The molecule has 0 saturated carbocycles. The Morgan fingerprint density at radius 3 is 2.48 bits per heavy atom. The Balaban J connectivity index is 2.85. The Labute approximate surface area is 128 Å². The molecule has 0 aromatic carbocycles. The van der Waals surface area contributed by atoms with Crippen LogP contribution in [0.2, 0.25) is 0 Å². The molecular formula is C13H22N2O5S. The Morgan fingerprint density at radius 1 is 1.33 bits per heavy atom. The molecule has 1 heterocycles. The molecule has 1 aliphatic heterocycles. The predicted octanol–water partition coefficient (Wildman–Crippen LogP) is 0.0369. The summed E-state index contributed by atoms with van der Waals surface area (Å²) in [6.07, 6.45) is 0.453. The number of carbonyl (C=O) groups is 3. The van der Waals surface area contributed by atoms with E-state index in [9.17, 15) is 14.4 Å². The molecule has 0 aromatic heterocycles. The second-order valence-electron chi connectivity index (χ2n) is 5.01. The average Bonchev–Trinajstić information content (AvgIpc) is 2.72. The van der Waals surface area contributed by atoms with Gasteiger partial charge in [-0.1, -0.05) is 0 Å². The first-order valence-electron chi connectivity index (χ1n) is 6.84. The topological polar surface area (TPSA) is 93.7 Å². The Hall–Kier alpha value is -1.28. The minimum Gasteiger partial charge on any atom is -0.465 e.